The molecule has 1 amide bonds. The van der Waals surface area contributed by atoms with Gasteiger partial charge in [-0.05, 0) is 57.8 Å². The number of benzene rings is 3. The molecule has 0 saturated heterocycles. The second-order valence-electron chi connectivity index (χ2n) is 6.71. The molecule has 0 aromatic heterocycles. The molecule has 0 unspecified atom stereocenters. The standard InChI is InChI=1S/C25H20Br2N2O2/c1-2-18-10-6-7-11-23(18)29-25(30)20(15-28)12-19-13-21(26)14-22(27)24(19)31-16-17-8-4-3-5-9-17/h3-14H,2,16H2,1H3,(H,29,30)/b20-12+. The summed E-state index contributed by atoms with van der Waals surface area (Å²) in [7, 11) is 0. The van der Waals surface area contributed by atoms with Crippen LogP contribution in [0.3, 0.4) is 0 Å². The van der Waals surface area contributed by atoms with Gasteiger partial charge in [-0.3, -0.25) is 4.79 Å². The highest BCUT2D eigenvalue weighted by molar-refractivity contribution is 9.11. The summed E-state index contributed by atoms with van der Waals surface area (Å²) in [6.45, 7) is 2.38. The Labute approximate surface area is 198 Å². The average molecular weight is 540 g/mol. The monoisotopic (exact) mass is 538 g/mol. The predicted octanol–water partition coefficient (Wildman–Crippen LogP) is 6.90. The van der Waals surface area contributed by atoms with Gasteiger partial charge in [0.1, 0.15) is 24.0 Å². The maximum atomic E-state index is 12.8. The summed E-state index contributed by atoms with van der Waals surface area (Å²) in [6, 6.07) is 23.0. The van der Waals surface area contributed by atoms with Crippen LogP contribution in [-0.2, 0) is 17.8 Å². The SMILES string of the molecule is CCc1ccccc1NC(=O)/C(C#N)=C/c1cc(Br)cc(Br)c1OCc1ccccc1. The fourth-order valence-corrected chi connectivity index (χ4v) is 4.39. The van der Waals surface area contributed by atoms with Crippen molar-refractivity contribution in [2.24, 2.45) is 0 Å². The van der Waals surface area contributed by atoms with E-state index in [4.69, 9.17) is 4.74 Å². The summed E-state index contributed by atoms with van der Waals surface area (Å²) in [6.07, 6.45) is 2.32. The van der Waals surface area contributed by atoms with Gasteiger partial charge in [-0.2, -0.15) is 5.26 Å². The van der Waals surface area contributed by atoms with Crippen molar-refractivity contribution in [1.29, 1.82) is 5.26 Å². The highest BCUT2D eigenvalue weighted by atomic mass is 79.9. The minimum Gasteiger partial charge on any atom is -0.487 e. The van der Waals surface area contributed by atoms with Crippen LogP contribution in [0.5, 0.6) is 5.75 Å². The van der Waals surface area contributed by atoms with Crippen molar-refractivity contribution >= 4 is 49.5 Å². The zero-order valence-electron chi connectivity index (χ0n) is 16.9. The van der Waals surface area contributed by atoms with E-state index in [2.05, 4.69) is 37.2 Å². The van der Waals surface area contributed by atoms with Crippen LogP contribution in [0.1, 0.15) is 23.6 Å². The second-order valence-corrected chi connectivity index (χ2v) is 8.48. The third kappa shape index (κ3) is 6.06. The first-order valence-corrected chi connectivity index (χ1v) is 11.3. The van der Waals surface area contributed by atoms with Crippen molar-refractivity contribution in [1.82, 2.24) is 0 Å². The number of carbonyl (C=O) groups is 1. The van der Waals surface area contributed by atoms with E-state index in [9.17, 15) is 10.1 Å². The van der Waals surface area contributed by atoms with Crippen LogP contribution in [0.15, 0.2) is 81.2 Å². The molecular weight excluding hydrogens is 520 g/mol. The van der Waals surface area contributed by atoms with Crippen LogP contribution in [0.4, 0.5) is 5.69 Å². The summed E-state index contributed by atoms with van der Waals surface area (Å²) in [5.74, 6) is 0.0927. The molecule has 0 atom stereocenters. The van der Waals surface area contributed by atoms with E-state index in [1.807, 2.05) is 79.7 Å². The van der Waals surface area contributed by atoms with Gasteiger partial charge in [0.05, 0.1) is 4.47 Å². The number of hydrogen-bond acceptors (Lipinski definition) is 3. The van der Waals surface area contributed by atoms with Crippen molar-refractivity contribution < 1.29 is 9.53 Å². The van der Waals surface area contributed by atoms with Crippen LogP contribution in [-0.4, -0.2) is 5.91 Å². The molecule has 0 aliphatic heterocycles. The van der Waals surface area contributed by atoms with Gasteiger partial charge in [-0.15, -0.1) is 0 Å². The number of para-hydroxylation sites is 1. The van der Waals surface area contributed by atoms with E-state index >= 15 is 0 Å². The van der Waals surface area contributed by atoms with Crippen molar-refractivity contribution in [3.05, 3.63) is 97.9 Å². The zero-order chi connectivity index (χ0) is 22.2. The molecule has 3 aromatic rings. The van der Waals surface area contributed by atoms with Gasteiger partial charge in [0.2, 0.25) is 0 Å². The Balaban J connectivity index is 1.90. The van der Waals surface area contributed by atoms with Crippen molar-refractivity contribution in [3.63, 3.8) is 0 Å². The minimum atomic E-state index is -0.464. The zero-order valence-corrected chi connectivity index (χ0v) is 20.0. The first kappa shape index (κ1) is 22.8. The summed E-state index contributed by atoms with van der Waals surface area (Å²) < 4.78 is 7.55. The maximum Gasteiger partial charge on any atom is 0.266 e. The summed E-state index contributed by atoms with van der Waals surface area (Å²) in [5.41, 5.74) is 3.33. The molecule has 0 fully saturated rings. The lowest BCUT2D eigenvalue weighted by Gasteiger charge is -2.13. The Hall–Kier alpha value is -2.88. The molecular formula is C25H20Br2N2O2. The lowest BCUT2D eigenvalue weighted by Crippen LogP contribution is -2.14. The Morgan fingerprint density at radius 2 is 1.81 bits per heavy atom. The second kappa shape index (κ2) is 10.9. The topological polar surface area (TPSA) is 62.1 Å². The lowest BCUT2D eigenvalue weighted by atomic mass is 10.1. The molecule has 0 spiro atoms. The number of rotatable bonds is 7. The first-order chi connectivity index (χ1) is 15.0. The molecule has 6 heteroatoms. The third-order valence-electron chi connectivity index (χ3n) is 4.57. The maximum absolute atomic E-state index is 12.8. The van der Waals surface area contributed by atoms with Crippen molar-refractivity contribution in [2.75, 3.05) is 5.32 Å². The van der Waals surface area contributed by atoms with Crippen LogP contribution in [0.25, 0.3) is 6.08 Å². The highest BCUT2D eigenvalue weighted by Gasteiger charge is 2.15. The summed E-state index contributed by atoms with van der Waals surface area (Å²) in [4.78, 5) is 12.8. The summed E-state index contributed by atoms with van der Waals surface area (Å²) >= 11 is 6.99. The number of carbonyl (C=O) groups excluding carboxylic acids is 1. The number of hydrogen-bond donors (Lipinski definition) is 1. The molecule has 4 nitrogen and oxygen atoms in total. The Kier molecular flexibility index (Phi) is 8.05. The predicted molar refractivity (Wildman–Crippen MR) is 131 cm³/mol. The number of nitrogens with zero attached hydrogens (tertiary/aromatic N) is 1. The smallest absolute Gasteiger partial charge is 0.266 e. The van der Waals surface area contributed by atoms with E-state index < -0.39 is 5.91 Å². The van der Waals surface area contributed by atoms with Crippen LogP contribution in [0.2, 0.25) is 0 Å². The molecule has 3 rings (SSSR count). The van der Waals surface area contributed by atoms with Gasteiger partial charge >= 0.3 is 0 Å². The Bertz CT molecular complexity index is 1150. The number of nitriles is 1. The largest absolute Gasteiger partial charge is 0.487 e. The van der Waals surface area contributed by atoms with E-state index in [0.717, 1.165) is 26.5 Å². The van der Waals surface area contributed by atoms with Crippen LogP contribution >= 0.6 is 31.9 Å². The van der Waals surface area contributed by atoms with E-state index in [1.54, 1.807) is 6.08 Å². The molecule has 0 aliphatic carbocycles. The molecule has 0 radical (unpaired) electrons. The minimum absolute atomic E-state index is 0.0135. The number of anilines is 1. The molecule has 0 saturated carbocycles. The van der Waals surface area contributed by atoms with E-state index in [1.165, 1.54) is 0 Å². The first-order valence-electron chi connectivity index (χ1n) is 9.68. The normalized spacial score (nSPS) is 11.0. The van der Waals surface area contributed by atoms with Crippen LogP contribution in [0, 0.1) is 11.3 Å². The van der Waals surface area contributed by atoms with Crippen LogP contribution < -0.4 is 10.1 Å². The van der Waals surface area contributed by atoms with Gasteiger partial charge in [0.25, 0.3) is 5.91 Å². The molecule has 0 heterocycles. The molecule has 0 bridgehead atoms. The Morgan fingerprint density at radius 3 is 2.52 bits per heavy atom. The van der Waals surface area contributed by atoms with Crippen molar-refractivity contribution in [2.45, 2.75) is 20.0 Å². The molecule has 0 aliphatic rings. The molecule has 31 heavy (non-hydrogen) atoms. The van der Waals surface area contributed by atoms with Gasteiger partial charge in [0, 0.05) is 15.7 Å². The van der Waals surface area contributed by atoms with Crippen molar-refractivity contribution in [3.8, 4) is 11.8 Å². The lowest BCUT2D eigenvalue weighted by molar-refractivity contribution is -0.112. The summed E-state index contributed by atoms with van der Waals surface area (Å²) in [5, 5.41) is 12.5. The Morgan fingerprint density at radius 1 is 1.10 bits per heavy atom. The van der Waals surface area contributed by atoms with E-state index in [-0.39, 0.29) is 5.57 Å². The quantitative estimate of drug-likeness (QED) is 0.262. The highest BCUT2D eigenvalue weighted by Crippen LogP contribution is 2.35. The fourth-order valence-electron chi connectivity index (χ4n) is 3.01. The number of nitrogens with one attached hydrogen (secondary N) is 1. The van der Waals surface area contributed by atoms with Gasteiger partial charge < -0.3 is 10.1 Å². The van der Waals surface area contributed by atoms with Gasteiger partial charge in [-0.25, -0.2) is 0 Å². The average Bonchev–Trinajstić information content (AvgIpc) is 2.77. The number of ether oxygens (including phenoxy) is 1. The number of halogens is 2. The number of aryl methyl sites for hydroxylation is 1. The molecule has 3 aromatic carbocycles. The van der Waals surface area contributed by atoms with Gasteiger partial charge in [0.15, 0.2) is 0 Å². The third-order valence-corrected chi connectivity index (χ3v) is 5.62. The molecule has 156 valence electrons. The fraction of sp³-hybridized carbons (Fsp3) is 0.120. The van der Waals surface area contributed by atoms with Gasteiger partial charge in [-0.1, -0.05) is 71.4 Å². The molecule has 1 N–H and O–H groups in total. The van der Waals surface area contributed by atoms with E-state index in [0.29, 0.717) is 23.6 Å². The number of amides is 1.